The average Bonchev–Trinajstić information content (AvgIpc) is 2.14. The molecule has 0 bridgehead atoms. The summed E-state index contributed by atoms with van der Waals surface area (Å²) in [4.78, 5) is 0. The standard InChI is InChI=1S/C10H10ClF3O2/c1-5(15)6-3-7(10(12,13)14)9(16-2)8(11)4-6/h3-5,15H,1-2H3. The van der Waals surface area contributed by atoms with Crippen molar-refractivity contribution in [2.45, 2.75) is 19.2 Å². The molecule has 0 radical (unpaired) electrons. The van der Waals surface area contributed by atoms with Crippen LogP contribution in [0.15, 0.2) is 12.1 Å². The van der Waals surface area contributed by atoms with Crippen LogP contribution in [0.5, 0.6) is 5.75 Å². The lowest BCUT2D eigenvalue weighted by atomic mass is 10.1. The molecule has 0 amide bonds. The van der Waals surface area contributed by atoms with Gasteiger partial charge in [0.15, 0.2) is 0 Å². The van der Waals surface area contributed by atoms with Gasteiger partial charge in [0.1, 0.15) is 5.75 Å². The number of rotatable bonds is 2. The number of alkyl halides is 3. The molecule has 90 valence electrons. The summed E-state index contributed by atoms with van der Waals surface area (Å²) >= 11 is 5.65. The van der Waals surface area contributed by atoms with Gasteiger partial charge in [0.2, 0.25) is 0 Å². The Morgan fingerprint density at radius 1 is 1.38 bits per heavy atom. The molecule has 1 atom stereocenters. The van der Waals surface area contributed by atoms with Gasteiger partial charge < -0.3 is 9.84 Å². The van der Waals surface area contributed by atoms with Crippen LogP contribution in [0.3, 0.4) is 0 Å². The Labute approximate surface area is 95.6 Å². The molecule has 1 rings (SSSR count). The molecule has 0 fully saturated rings. The second-order valence-electron chi connectivity index (χ2n) is 3.26. The monoisotopic (exact) mass is 254 g/mol. The zero-order chi connectivity index (χ0) is 12.5. The summed E-state index contributed by atoms with van der Waals surface area (Å²) < 4.78 is 42.5. The van der Waals surface area contributed by atoms with Crippen LogP contribution in [0.25, 0.3) is 0 Å². The van der Waals surface area contributed by atoms with Crippen LogP contribution in [0.4, 0.5) is 13.2 Å². The lowest BCUT2D eigenvalue weighted by molar-refractivity contribution is -0.138. The first-order chi connectivity index (χ1) is 7.27. The van der Waals surface area contributed by atoms with Crippen LogP contribution >= 0.6 is 11.6 Å². The maximum Gasteiger partial charge on any atom is 0.420 e. The van der Waals surface area contributed by atoms with E-state index in [4.69, 9.17) is 11.6 Å². The predicted octanol–water partition coefficient (Wildman–Crippen LogP) is 3.42. The third-order valence-electron chi connectivity index (χ3n) is 2.06. The number of methoxy groups -OCH3 is 1. The van der Waals surface area contributed by atoms with E-state index in [0.29, 0.717) is 0 Å². The van der Waals surface area contributed by atoms with Gasteiger partial charge in [-0.15, -0.1) is 0 Å². The number of ether oxygens (including phenoxy) is 1. The van der Waals surface area contributed by atoms with E-state index < -0.39 is 23.6 Å². The molecule has 1 N–H and O–H groups in total. The number of aliphatic hydroxyl groups is 1. The number of hydrogen-bond acceptors (Lipinski definition) is 2. The minimum atomic E-state index is -4.57. The van der Waals surface area contributed by atoms with Gasteiger partial charge >= 0.3 is 6.18 Å². The molecule has 0 aromatic heterocycles. The molecule has 1 aromatic rings. The third-order valence-corrected chi connectivity index (χ3v) is 2.34. The number of halogens is 4. The van der Waals surface area contributed by atoms with Crippen molar-refractivity contribution in [1.82, 2.24) is 0 Å². The van der Waals surface area contributed by atoms with E-state index in [1.54, 1.807) is 0 Å². The fourth-order valence-corrected chi connectivity index (χ4v) is 1.58. The summed E-state index contributed by atoms with van der Waals surface area (Å²) in [5.41, 5.74) is -0.892. The molecule has 1 unspecified atom stereocenters. The van der Waals surface area contributed by atoms with Gasteiger partial charge in [-0.1, -0.05) is 11.6 Å². The Kier molecular flexibility index (Phi) is 3.70. The summed E-state index contributed by atoms with van der Waals surface area (Å²) in [6, 6.07) is 2.08. The van der Waals surface area contributed by atoms with E-state index >= 15 is 0 Å². The fourth-order valence-electron chi connectivity index (χ4n) is 1.27. The molecule has 0 saturated heterocycles. The second kappa shape index (κ2) is 4.51. The molecule has 0 heterocycles. The van der Waals surface area contributed by atoms with E-state index in [0.717, 1.165) is 13.2 Å². The van der Waals surface area contributed by atoms with Crippen molar-refractivity contribution in [2.24, 2.45) is 0 Å². The molecular formula is C10H10ClF3O2. The average molecular weight is 255 g/mol. The Morgan fingerprint density at radius 2 is 1.94 bits per heavy atom. The maximum absolute atomic E-state index is 12.6. The summed E-state index contributed by atoms with van der Waals surface area (Å²) in [7, 11) is 1.11. The molecule has 0 spiro atoms. The molecule has 2 nitrogen and oxygen atoms in total. The summed E-state index contributed by atoms with van der Waals surface area (Å²) in [6.07, 6.45) is -5.59. The molecular weight excluding hydrogens is 245 g/mol. The quantitative estimate of drug-likeness (QED) is 0.876. The van der Waals surface area contributed by atoms with E-state index in [2.05, 4.69) is 4.74 Å². The topological polar surface area (TPSA) is 29.5 Å². The van der Waals surface area contributed by atoms with Crippen LogP contribution in [-0.4, -0.2) is 12.2 Å². The molecule has 1 aromatic carbocycles. The van der Waals surface area contributed by atoms with Crippen LogP contribution in [0.1, 0.15) is 24.2 Å². The van der Waals surface area contributed by atoms with Crippen molar-refractivity contribution in [3.8, 4) is 5.75 Å². The SMILES string of the molecule is COc1c(Cl)cc(C(C)O)cc1C(F)(F)F. The van der Waals surface area contributed by atoms with E-state index in [1.165, 1.54) is 13.0 Å². The van der Waals surface area contributed by atoms with Gasteiger partial charge in [0.05, 0.1) is 23.8 Å². The van der Waals surface area contributed by atoms with Crippen LogP contribution in [0.2, 0.25) is 5.02 Å². The molecule has 0 aliphatic rings. The first-order valence-corrected chi connectivity index (χ1v) is 4.78. The van der Waals surface area contributed by atoms with E-state index in [1.807, 2.05) is 0 Å². The Morgan fingerprint density at radius 3 is 2.31 bits per heavy atom. The van der Waals surface area contributed by atoms with Gasteiger partial charge in [-0.2, -0.15) is 13.2 Å². The molecule has 0 aliphatic heterocycles. The minimum absolute atomic E-state index is 0.0955. The number of benzene rings is 1. The molecule has 6 heteroatoms. The van der Waals surface area contributed by atoms with Crippen LogP contribution in [0, 0.1) is 0 Å². The van der Waals surface area contributed by atoms with Gasteiger partial charge in [-0.25, -0.2) is 0 Å². The summed E-state index contributed by atoms with van der Waals surface area (Å²) in [5, 5.41) is 9.06. The number of aliphatic hydroxyl groups excluding tert-OH is 1. The van der Waals surface area contributed by atoms with Crippen LogP contribution in [-0.2, 0) is 6.18 Å². The first-order valence-electron chi connectivity index (χ1n) is 4.40. The van der Waals surface area contributed by atoms with Gasteiger partial charge in [0, 0.05) is 0 Å². The van der Waals surface area contributed by atoms with Crippen molar-refractivity contribution < 1.29 is 23.0 Å². The Balaban J connectivity index is 3.43. The molecule has 0 aliphatic carbocycles. The van der Waals surface area contributed by atoms with Crippen molar-refractivity contribution in [1.29, 1.82) is 0 Å². The van der Waals surface area contributed by atoms with Gasteiger partial charge in [0.25, 0.3) is 0 Å². The summed E-state index contributed by atoms with van der Waals surface area (Å²) in [5.74, 6) is -0.432. The normalized spacial score (nSPS) is 13.7. The van der Waals surface area contributed by atoms with Gasteiger partial charge in [-0.05, 0) is 24.6 Å². The van der Waals surface area contributed by atoms with Gasteiger partial charge in [-0.3, -0.25) is 0 Å². The molecule has 16 heavy (non-hydrogen) atoms. The smallest absolute Gasteiger partial charge is 0.420 e. The third kappa shape index (κ3) is 2.59. The highest BCUT2D eigenvalue weighted by Gasteiger charge is 2.36. The van der Waals surface area contributed by atoms with Crippen molar-refractivity contribution >= 4 is 11.6 Å². The largest absolute Gasteiger partial charge is 0.495 e. The van der Waals surface area contributed by atoms with E-state index in [9.17, 15) is 18.3 Å². The second-order valence-corrected chi connectivity index (χ2v) is 3.66. The highest BCUT2D eigenvalue weighted by molar-refractivity contribution is 6.32. The maximum atomic E-state index is 12.6. The first kappa shape index (κ1) is 13.1. The lowest BCUT2D eigenvalue weighted by Gasteiger charge is -2.16. The molecule has 0 saturated carbocycles. The van der Waals surface area contributed by atoms with Crippen molar-refractivity contribution in [3.05, 3.63) is 28.3 Å². The summed E-state index contributed by atoms with van der Waals surface area (Å²) in [6.45, 7) is 1.36. The van der Waals surface area contributed by atoms with Crippen molar-refractivity contribution in [3.63, 3.8) is 0 Å². The van der Waals surface area contributed by atoms with E-state index in [-0.39, 0.29) is 10.6 Å². The Hall–Kier alpha value is -0.940. The highest BCUT2D eigenvalue weighted by Crippen LogP contribution is 2.41. The predicted molar refractivity (Wildman–Crippen MR) is 53.6 cm³/mol. The highest BCUT2D eigenvalue weighted by atomic mass is 35.5. The fraction of sp³-hybridized carbons (Fsp3) is 0.400. The number of hydrogen-bond donors (Lipinski definition) is 1. The minimum Gasteiger partial charge on any atom is -0.495 e. The zero-order valence-corrected chi connectivity index (χ0v) is 9.36. The zero-order valence-electron chi connectivity index (χ0n) is 8.60. The Bertz CT molecular complexity index is 388. The van der Waals surface area contributed by atoms with Crippen molar-refractivity contribution in [2.75, 3.05) is 7.11 Å². The lowest BCUT2D eigenvalue weighted by Crippen LogP contribution is -2.09. The van der Waals surface area contributed by atoms with Crippen LogP contribution < -0.4 is 4.74 Å².